The topological polar surface area (TPSA) is 38.3 Å². The minimum atomic E-state index is -0.267. The standard InChI is InChI=1S/C10H15NO2S/c1-7(9-5-4-6-14-9)11-8(2)10(12)13-3/h4-8,11H,1-3H3/t7-,8?/m1/s1. The first-order valence-corrected chi connectivity index (χ1v) is 5.40. The number of hydrogen-bond acceptors (Lipinski definition) is 4. The van der Waals surface area contributed by atoms with Gasteiger partial charge in [0, 0.05) is 10.9 Å². The zero-order valence-corrected chi connectivity index (χ0v) is 9.43. The molecule has 14 heavy (non-hydrogen) atoms. The molecule has 3 nitrogen and oxygen atoms in total. The monoisotopic (exact) mass is 213 g/mol. The summed E-state index contributed by atoms with van der Waals surface area (Å²) in [6.45, 7) is 3.83. The molecule has 0 aliphatic heterocycles. The average molecular weight is 213 g/mol. The number of carbonyl (C=O) groups excluding carboxylic acids is 1. The lowest BCUT2D eigenvalue weighted by molar-refractivity contribution is -0.142. The van der Waals surface area contributed by atoms with Crippen LogP contribution in [0.3, 0.4) is 0 Å². The molecule has 1 aromatic heterocycles. The molecule has 0 aliphatic carbocycles. The molecular weight excluding hydrogens is 198 g/mol. The highest BCUT2D eigenvalue weighted by Gasteiger charge is 2.16. The predicted molar refractivity (Wildman–Crippen MR) is 57.3 cm³/mol. The van der Waals surface area contributed by atoms with Crippen molar-refractivity contribution in [3.8, 4) is 0 Å². The maximum Gasteiger partial charge on any atom is 0.322 e. The number of methoxy groups -OCH3 is 1. The molecule has 0 aromatic carbocycles. The van der Waals surface area contributed by atoms with Crippen LogP contribution < -0.4 is 5.32 Å². The minimum Gasteiger partial charge on any atom is -0.468 e. The number of thiophene rings is 1. The summed E-state index contributed by atoms with van der Waals surface area (Å²) in [4.78, 5) is 12.4. The summed E-state index contributed by atoms with van der Waals surface area (Å²) in [6, 6.07) is 3.97. The van der Waals surface area contributed by atoms with Gasteiger partial charge in [-0.2, -0.15) is 0 Å². The van der Waals surface area contributed by atoms with Crippen LogP contribution in [0.15, 0.2) is 17.5 Å². The third kappa shape index (κ3) is 2.82. The lowest BCUT2D eigenvalue weighted by atomic mass is 10.2. The molecule has 1 N–H and O–H groups in total. The Labute approximate surface area is 88.1 Å². The number of esters is 1. The first kappa shape index (κ1) is 11.2. The van der Waals surface area contributed by atoms with Crippen molar-refractivity contribution in [3.05, 3.63) is 22.4 Å². The van der Waals surface area contributed by atoms with Crippen LogP contribution in [0, 0.1) is 0 Å². The lowest BCUT2D eigenvalue weighted by Gasteiger charge is -2.16. The Morgan fingerprint density at radius 3 is 2.79 bits per heavy atom. The quantitative estimate of drug-likeness (QED) is 0.777. The number of hydrogen-bond donors (Lipinski definition) is 1. The summed E-state index contributed by atoms with van der Waals surface area (Å²) in [6.07, 6.45) is 0. The van der Waals surface area contributed by atoms with Crippen molar-refractivity contribution in [2.45, 2.75) is 25.9 Å². The van der Waals surface area contributed by atoms with Crippen molar-refractivity contribution >= 4 is 17.3 Å². The van der Waals surface area contributed by atoms with Crippen molar-refractivity contribution in [2.24, 2.45) is 0 Å². The lowest BCUT2D eigenvalue weighted by Crippen LogP contribution is -2.36. The highest BCUT2D eigenvalue weighted by atomic mass is 32.1. The molecule has 1 heterocycles. The third-order valence-corrected chi connectivity index (χ3v) is 3.08. The fourth-order valence-electron chi connectivity index (χ4n) is 1.24. The van der Waals surface area contributed by atoms with Crippen LogP contribution in [-0.4, -0.2) is 19.1 Å². The van der Waals surface area contributed by atoms with Crippen molar-refractivity contribution in [1.29, 1.82) is 0 Å². The Morgan fingerprint density at radius 2 is 2.29 bits per heavy atom. The zero-order valence-electron chi connectivity index (χ0n) is 8.61. The van der Waals surface area contributed by atoms with E-state index < -0.39 is 0 Å². The molecule has 0 aliphatic rings. The van der Waals surface area contributed by atoms with Gasteiger partial charge in [0.2, 0.25) is 0 Å². The SMILES string of the molecule is COC(=O)C(C)N[C@H](C)c1cccs1. The van der Waals surface area contributed by atoms with Gasteiger partial charge < -0.3 is 4.74 Å². The van der Waals surface area contributed by atoms with Gasteiger partial charge in [0.25, 0.3) is 0 Å². The van der Waals surface area contributed by atoms with Crippen LogP contribution >= 0.6 is 11.3 Å². The zero-order chi connectivity index (χ0) is 10.6. The van der Waals surface area contributed by atoms with Crippen LogP contribution in [0.1, 0.15) is 24.8 Å². The van der Waals surface area contributed by atoms with Gasteiger partial charge in [0.15, 0.2) is 0 Å². The van der Waals surface area contributed by atoms with Gasteiger partial charge in [-0.3, -0.25) is 10.1 Å². The van der Waals surface area contributed by atoms with Crippen molar-refractivity contribution in [3.63, 3.8) is 0 Å². The molecule has 0 saturated heterocycles. The molecule has 0 bridgehead atoms. The average Bonchev–Trinajstić information content (AvgIpc) is 2.69. The van der Waals surface area contributed by atoms with Crippen LogP contribution in [0.2, 0.25) is 0 Å². The highest BCUT2D eigenvalue weighted by molar-refractivity contribution is 7.10. The van der Waals surface area contributed by atoms with E-state index in [1.54, 1.807) is 18.3 Å². The molecule has 0 amide bonds. The van der Waals surface area contributed by atoms with E-state index in [4.69, 9.17) is 0 Å². The van der Waals surface area contributed by atoms with Gasteiger partial charge >= 0.3 is 5.97 Å². The third-order valence-electron chi connectivity index (χ3n) is 2.02. The first-order chi connectivity index (χ1) is 6.65. The van der Waals surface area contributed by atoms with Gasteiger partial charge in [-0.15, -0.1) is 11.3 Å². The molecule has 78 valence electrons. The van der Waals surface area contributed by atoms with Crippen LogP contribution in [-0.2, 0) is 9.53 Å². The van der Waals surface area contributed by atoms with Gasteiger partial charge in [-0.05, 0) is 25.3 Å². The van der Waals surface area contributed by atoms with Gasteiger partial charge in [0.1, 0.15) is 6.04 Å². The molecule has 0 fully saturated rings. The van der Waals surface area contributed by atoms with E-state index >= 15 is 0 Å². The molecule has 0 spiro atoms. The van der Waals surface area contributed by atoms with Crippen LogP contribution in [0.25, 0.3) is 0 Å². The molecule has 0 radical (unpaired) electrons. The number of nitrogens with one attached hydrogen (secondary N) is 1. The van der Waals surface area contributed by atoms with Gasteiger partial charge in [-0.1, -0.05) is 6.07 Å². The van der Waals surface area contributed by atoms with Crippen LogP contribution in [0.5, 0.6) is 0 Å². The summed E-state index contributed by atoms with van der Waals surface area (Å²) in [7, 11) is 1.40. The Morgan fingerprint density at radius 1 is 1.57 bits per heavy atom. The maximum absolute atomic E-state index is 11.1. The van der Waals surface area contributed by atoms with E-state index in [0.717, 1.165) is 0 Å². The second kappa shape index (κ2) is 5.12. The van der Waals surface area contributed by atoms with E-state index in [2.05, 4.69) is 10.1 Å². The molecule has 0 saturated carbocycles. The predicted octanol–water partition coefficient (Wildman–Crippen LogP) is 1.96. The normalized spacial score (nSPS) is 14.8. The van der Waals surface area contributed by atoms with Gasteiger partial charge in [-0.25, -0.2) is 0 Å². The molecule has 4 heteroatoms. The molecule has 1 unspecified atom stereocenters. The Kier molecular flexibility index (Phi) is 4.10. The van der Waals surface area contributed by atoms with E-state index in [1.807, 2.05) is 24.4 Å². The second-order valence-corrected chi connectivity index (χ2v) is 4.13. The number of rotatable bonds is 4. The van der Waals surface area contributed by atoms with Crippen molar-refractivity contribution in [2.75, 3.05) is 7.11 Å². The highest BCUT2D eigenvalue weighted by Crippen LogP contribution is 2.18. The number of carbonyl (C=O) groups is 1. The second-order valence-electron chi connectivity index (χ2n) is 3.15. The minimum absolute atomic E-state index is 0.184. The van der Waals surface area contributed by atoms with Crippen molar-refractivity contribution in [1.82, 2.24) is 5.32 Å². The summed E-state index contributed by atoms with van der Waals surface area (Å²) < 4.78 is 4.63. The molecular formula is C10H15NO2S. The molecule has 1 rings (SSSR count). The van der Waals surface area contributed by atoms with E-state index in [-0.39, 0.29) is 18.1 Å². The summed E-state index contributed by atoms with van der Waals surface area (Å²) in [5.74, 6) is -0.228. The van der Waals surface area contributed by atoms with E-state index in [9.17, 15) is 4.79 Å². The largest absolute Gasteiger partial charge is 0.468 e. The number of ether oxygens (including phenoxy) is 1. The summed E-state index contributed by atoms with van der Waals surface area (Å²) >= 11 is 1.68. The van der Waals surface area contributed by atoms with E-state index in [0.29, 0.717) is 0 Å². The summed E-state index contributed by atoms with van der Waals surface area (Å²) in [5, 5.41) is 5.19. The maximum atomic E-state index is 11.1. The fraction of sp³-hybridized carbons (Fsp3) is 0.500. The molecule has 1 aromatic rings. The van der Waals surface area contributed by atoms with E-state index in [1.165, 1.54) is 12.0 Å². The first-order valence-electron chi connectivity index (χ1n) is 4.52. The Hall–Kier alpha value is -0.870. The molecule has 2 atom stereocenters. The summed E-state index contributed by atoms with van der Waals surface area (Å²) in [5.41, 5.74) is 0. The van der Waals surface area contributed by atoms with Gasteiger partial charge in [0.05, 0.1) is 7.11 Å². The smallest absolute Gasteiger partial charge is 0.322 e. The fourth-order valence-corrected chi connectivity index (χ4v) is 1.98. The van der Waals surface area contributed by atoms with Crippen molar-refractivity contribution < 1.29 is 9.53 Å². The Balaban J connectivity index is 2.49. The Bertz CT molecular complexity index is 284. The van der Waals surface area contributed by atoms with Crippen LogP contribution in [0.4, 0.5) is 0 Å².